The zero-order valence-corrected chi connectivity index (χ0v) is 17.9. The maximum Gasteiger partial charge on any atom is 0.260 e. The lowest BCUT2D eigenvalue weighted by molar-refractivity contribution is -0.127. The van der Waals surface area contributed by atoms with Crippen LogP contribution in [0.3, 0.4) is 0 Å². The number of benzene rings is 2. The first kappa shape index (κ1) is 21.8. The SMILES string of the molecule is CC(Oc1ccccc1C(C)C)C(=O)NCCOc1ccccc1C(C)(C)C. The lowest BCUT2D eigenvalue weighted by Gasteiger charge is -2.23. The predicted octanol–water partition coefficient (Wildman–Crippen LogP) is 5.07. The summed E-state index contributed by atoms with van der Waals surface area (Å²) in [7, 11) is 0. The first-order chi connectivity index (χ1) is 13.2. The van der Waals surface area contributed by atoms with Gasteiger partial charge in [-0.2, -0.15) is 0 Å². The standard InChI is InChI=1S/C24H33NO3/c1-17(2)19-11-7-9-13-21(19)28-18(3)23(26)25-15-16-27-22-14-10-8-12-20(22)24(4,5)6/h7-14,17-18H,15-16H2,1-6H3,(H,25,26). The van der Waals surface area contributed by atoms with E-state index in [0.717, 1.165) is 22.6 Å². The van der Waals surface area contributed by atoms with Crippen LogP contribution in [-0.2, 0) is 10.2 Å². The molecule has 4 nitrogen and oxygen atoms in total. The maximum atomic E-state index is 12.4. The highest BCUT2D eigenvalue weighted by Crippen LogP contribution is 2.30. The second-order valence-corrected chi connectivity index (χ2v) is 8.34. The van der Waals surface area contributed by atoms with E-state index >= 15 is 0 Å². The molecule has 0 radical (unpaired) electrons. The highest BCUT2D eigenvalue weighted by Gasteiger charge is 2.19. The second kappa shape index (κ2) is 9.63. The zero-order chi connectivity index (χ0) is 20.7. The lowest BCUT2D eigenvalue weighted by atomic mass is 9.86. The minimum Gasteiger partial charge on any atom is -0.491 e. The van der Waals surface area contributed by atoms with Gasteiger partial charge in [-0.1, -0.05) is 71.0 Å². The Morgan fingerprint density at radius 3 is 2.21 bits per heavy atom. The summed E-state index contributed by atoms with van der Waals surface area (Å²) < 4.78 is 11.8. The van der Waals surface area contributed by atoms with Gasteiger partial charge in [0.05, 0.1) is 6.54 Å². The molecule has 0 bridgehead atoms. The monoisotopic (exact) mass is 383 g/mol. The van der Waals surface area contributed by atoms with Gasteiger partial charge in [0.15, 0.2) is 6.10 Å². The smallest absolute Gasteiger partial charge is 0.260 e. The van der Waals surface area contributed by atoms with E-state index in [2.05, 4.69) is 46.0 Å². The van der Waals surface area contributed by atoms with E-state index in [4.69, 9.17) is 9.47 Å². The van der Waals surface area contributed by atoms with Crippen molar-refractivity contribution in [1.82, 2.24) is 5.32 Å². The van der Waals surface area contributed by atoms with Gasteiger partial charge in [0, 0.05) is 0 Å². The summed E-state index contributed by atoms with van der Waals surface area (Å²) in [5.41, 5.74) is 2.26. The van der Waals surface area contributed by atoms with Crippen molar-refractivity contribution >= 4 is 5.91 Å². The number of ether oxygens (including phenoxy) is 2. The Kier molecular flexibility index (Phi) is 7.50. The molecule has 1 atom stereocenters. The molecule has 2 rings (SSSR count). The van der Waals surface area contributed by atoms with Crippen molar-refractivity contribution in [2.45, 2.75) is 59.0 Å². The Labute approximate surface area is 169 Å². The predicted molar refractivity (Wildman–Crippen MR) is 114 cm³/mol. The van der Waals surface area contributed by atoms with Gasteiger partial charge in [0.2, 0.25) is 0 Å². The second-order valence-electron chi connectivity index (χ2n) is 8.34. The molecule has 2 aromatic rings. The van der Waals surface area contributed by atoms with Crippen molar-refractivity contribution < 1.29 is 14.3 Å². The van der Waals surface area contributed by atoms with Crippen LogP contribution < -0.4 is 14.8 Å². The highest BCUT2D eigenvalue weighted by atomic mass is 16.5. The summed E-state index contributed by atoms with van der Waals surface area (Å²) in [6, 6.07) is 15.9. The molecule has 0 saturated heterocycles. The number of carbonyl (C=O) groups is 1. The van der Waals surface area contributed by atoms with E-state index in [0.29, 0.717) is 19.1 Å². The van der Waals surface area contributed by atoms with Gasteiger partial charge in [-0.05, 0) is 41.5 Å². The molecule has 28 heavy (non-hydrogen) atoms. The normalized spacial score (nSPS) is 12.5. The number of hydrogen-bond acceptors (Lipinski definition) is 3. The highest BCUT2D eigenvalue weighted by molar-refractivity contribution is 5.80. The number of amides is 1. The minimum absolute atomic E-state index is 0.00595. The van der Waals surface area contributed by atoms with Gasteiger partial charge < -0.3 is 14.8 Å². The lowest BCUT2D eigenvalue weighted by Crippen LogP contribution is -2.38. The van der Waals surface area contributed by atoms with Crippen LogP contribution in [0.1, 0.15) is 58.6 Å². The Bertz CT molecular complexity index is 777. The molecule has 0 heterocycles. The minimum atomic E-state index is -0.568. The van der Waals surface area contributed by atoms with Gasteiger partial charge in [0.25, 0.3) is 5.91 Å². The number of nitrogens with one attached hydrogen (secondary N) is 1. The molecule has 1 unspecified atom stereocenters. The van der Waals surface area contributed by atoms with E-state index in [1.54, 1.807) is 6.92 Å². The summed E-state index contributed by atoms with van der Waals surface area (Å²) >= 11 is 0. The molecule has 2 aromatic carbocycles. The molecule has 1 amide bonds. The number of para-hydroxylation sites is 2. The van der Waals surface area contributed by atoms with Crippen LogP contribution in [0.15, 0.2) is 48.5 Å². The average Bonchev–Trinajstić information content (AvgIpc) is 2.64. The molecule has 4 heteroatoms. The zero-order valence-electron chi connectivity index (χ0n) is 17.9. The third-order valence-corrected chi connectivity index (χ3v) is 4.57. The van der Waals surface area contributed by atoms with Crippen LogP contribution in [-0.4, -0.2) is 25.2 Å². The fourth-order valence-electron chi connectivity index (χ4n) is 3.00. The first-order valence-electron chi connectivity index (χ1n) is 9.95. The molecule has 0 fully saturated rings. The number of carbonyl (C=O) groups excluding carboxylic acids is 1. The molecule has 0 aliphatic heterocycles. The molecular formula is C24H33NO3. The Morgan fingerprint density at radius 2 is 1.57 bits per heavy atom. The Hall–Kier alpha value is -2.49. The van der Waals surface area contributed by atoms with Crippen molar-refractivity contribution in [3.63, 3.8) is 0 Å². The summed E-state index contributed by atoms with van der Waals surface area (Å²) in [5, 5.41) is 2.89. The quantitative estimate of drug-likeness (QED) is 0.648. The van der Waals surface area contributed by atoms with Crippen molar-refractivity contribution in [3.8, 4) is 11.5 Å². The fourth-order valence-corrected chi connectivity index (χ4v) is 3.00. The van der Waals surface area contributed by atoms with Gasteiger partial charge in [-0.25, -0.2) is 0 Å². The van der Waals surface area contributed by atoms with Gasteiger partial charge >= 0.3 is 0 Å². The maximum absolute atomic E-state index is 12.4. The molecule has 0 aliphatic carbocycles. The molecular weight excluding hydrogens is 350 g/mol. The number of rotatable bonds is 8. The van der Waals surface area contributed by atoms with E-state index < -0.39 is 6.10 Å². The van der Waals surface area contributed by atoms with Crippen LogP contribution in [0, 0.1) is 0 Å². The van der Waals surface area contributed by atoms with Crippen molar-refractivity contribution in [2.24, 2.45) is 0 Å². The van der Waals surface area contributed by atoms with Crippen LogP contribution in [0.5, 0.6) is 11.5 Å². The molecule has 1 N–H and O–H groups in total. The van der Waals surface area contributed by atoms with E-state index in [9.17, 15) is 4.79 Å². The summed E-state index contributed by atoms with van der Waals surface area (Å²) in [6.07, 6.45) is -0.568. The van der Waals surface area contributed by atoms with Crippen molar-refractivity contribution in [1.29, 1.82) is 0 Å². The van der Waals surface area contributed by atoms with E-state index in [-0.39, 0.29) is 11.3 Å². The Balaban J connectivity index is 1.85. The van der Waals surface area contributed by atoms with Crippen LogP contribution in [0.4, 0.5) is 0 Å². The fraction of sp³-hybridized carbons (Fsp3) is 0.458. The van der Waals surface area contributed by atoms with Crippen molar-refractivity contribution in [3.05, 3.63) is 59.7 Å². The summed E-state index contributed by atoms with van der Waals surface area (Å²) in [4.78, 5) is 12.4. The molecule has 0 aliphatic rings. The average molecular weight is 384 g/mol. The summed E-state index contributed by atoms with van der Waals surface area (Å²) in [5.74, 6) is 1.81. The largest absolute Gasteiger partial charge is 0.491 e. The third kappa shape index (κ3) is 6.01. The van der Waals surface area contributed by atoms with Crippen LogP contribution in [0.2, 0.25) is 0 Å². The molecule has 152 valence electrons. The first-order valence-corrected chi connectivity index (χ1v) is 9.95. The van der Waals surface area contributed by atoms with E-state index in [1.165, 1.54) is 0 Å². The van der Waals surface area contributed by atoms with Crippen molar-refractivity contribution in [2.75, 3.05) is 13.2 Å². The van der Waals surface area contributed by atoms with Crippen LogP contribution >= 0.6 is 0 Å². The van der Waals surface area contributed by atoms with Gasteiger partial charge in [-0.3, -0.25) is 4.79 Å². The van der Waals surface area contributed by atoms with E-state index in [1.807, 2.05) is 42.5 Å². The van der Waals surface area contributed by atoms with Crippen LogP contribution in [0.25, 0.3) is 0 Å². The number of hydrogen-bond donors (Lipinski definition) is 1. The molecule has 0 aromatic heterocycles. The molecule has 0 spiro atoms. The molecule has 0 saturated carbocycles. The topological polar surface area (TPSA) is 47.6 Å². The Morgan fingerprint density at radius 1 is 0.964 bits per heavy atom. The van der Waals surface area contributed by atoms with Gasteiger partial charge in [-0.15, -0.1) is 0 Å². The third-order valence-electron chi connectivity index (χ3n) is 4.57. The summed E-state index contributed by atoms with van der Waals surface area (Å²) in [6.45, 7) is 13.3. The van der Waals surface area contributed by atoms with Gasteiger partial charge in [0.1, 0.15) is 18.1 Å².